The minimum absolute atomic E-state index is 0.00756. The summed E-state index contributed by atoms with van der Waals surface area (Å²) in [7, 11) is 0. The van der Waals surface area contributed by atoms with Crippen molar-refractivity contribution in [1.82, 2.24) is 0 Å². The van der Waals surface area contributed by atoms with Crippen LogP contribution in [0.3, 0.4) is 0 Å². The van der Waals surface area contributed by atoms with Crippen LogP contribution in [0.5, 0.6) is 0 Å². The molecule has 0 radical (unpaired) electrons. The van der Waals surface area contributed by atoms with Crippen LogP contribution in [0.2, 0.25) is 0 Å². The molecule has 0 atom stereocenters. The summed E-state index contributed by atoms with van der Waals surface area (Å²) in [6.07, 6.45) is 6.32. The second kappa shape index (κ2) is 5.68. The summed E-state index contributed by atoms with van der Waals surface area (Å²) >= 11 is 0. The van der Waals surface area contributed by atoms with E-state index in [0.29, 0.717) is 17.2 Å². The third-order valence-electron chi connectivity index (χ3n) is 3.96. The quantitative estimate of drug-likeness (QED) is 0.816. The van der Waals surface area contributed by atoms with Gasteiger partial charge in [0, 0.05) is 12.6 Å². The minimum Gasteiger partial charge on any atom is -0.475 e. The molecule has 106 valence electrons. The smallest absolute Gasteiger partial charge is 0.371 e. The van der Waals surface area contributed by atoms with Gasteiger partial charge in [-0.3, -0.25) is 0 Å². The Labute approximate surface area is 114 Å². The van der Waals surface area contributed by atoms with Crippen LogP contribution in [-0.4, -0.2) is 17.6 Å². The first kappa shape index (κ1) is 14.0. The number of rotatable bonds is 6. The van der Waals surface area contributed by atoms with Crippen molar-refractivity contribution in [2.24, 2.45) is 11.3 Å². The second-order valence-electron chi connectivity index (χ2n) is 6.13. The zero-order valence-electron chi connectivity index (χ0n) is 11.7. The first-order valence-corrected chi connectivity index (χ1v) is 7.08. The van der Waals surface area contributed by atoms with E-state index in [2.05, 4.69) is 19.2 Å². The molecule has 0 aromatic carbocycles. The fourth-order valence-corrected chi connectivity index (χ4v) is 3.27. The van der Waals surface area contributed by atoms with E-state index in [1.54, 1.807) is 6.07 Å². The summed E-state index contributed by atoms with van der Waals surface area (Å²) in [6.45, 7) is 5.39. The Morgan fingerprint density at radius 3 is 2.63 bits per heavy atom. The van der Waals surface area contributed by atoms with Gasteiger partial charge >= 0.3 is 5.97 Å². The summed E-state index contributed by atoms with van der Waals surface area (Å²) in [5.74, 6) is 0.219. The molecule has 0 bridgehead atoms. The van der Waals surface area contributed by atoms with Crippen LogP contribution < -0.4 is 5.32 Å². The molecule has 1 fully saturated rings. The Hall–Kier alpha value is -1.45. The first-order valence-electron chi connectivity index (χ1n) is 7.08. The van der Waals surface area contributed by atoms with Crippen LogP contribution in [0.4, 0.5) is 5.88 Å². The van der Waals surface area contributed by atoms with E-state index in [-0.39, 0.29) is 5.76 Å². The third-order valence-corrected chi connectivity index (χ3v) is 3.96. The number of carboxylic acid groups (broad SMARTS) is 1. The number of nitrogens with one attached hydrogen (secondary N) is 1. The van der Waals surface area contributed by atoms with Gasteiger partial charge in [-0.2, -0.15) is 0 Å². The van der Waals surface area contributed by atoms with Crippen LogP contribution in [0.15, 0.2) is 16.5 Å². The molecule has 2 rings (SSSR count). The maximum atomic E-state index is 10.8. The van der Waals surface area contributed by atoms with E-state index < -0.39 is 5.97 Å². The zero-order chi connectivity index (χ0) is 13.9. The molecular formula is C15H23NO3. The molecular weight excluding hydrogens is 242 g/mol. The van der Waals surface area contributed by atoms with Crippen molar-refractivity contribution in [3.8, 4) is 0 Å². The lowest BCUT2D eigenvalue weighted by molar-refractivity contribution is 0.0663. The standard InChI is InChI=1S/C15H23NO3/c1-11(2)9-15(7-3-4-8-15)10-16-13-6-5-12(19-13)14(17)18/h5-6,11,16H,3-4,7-10H2,1-2H3,(H,17,18). The average Bonchev–Trinajstić information content (AvgIpc) is 2.94. The van der Waals surface area contributed by atoms with Crippen LogP contribution in [0, 0.1) is 11.3 Å². The number of anilines is 1. The Morgan fingerprint density at radius 1 is 1.42 bits per heavy atom. The molecule has 19 heavy (non-hydrogen) atoms. The highest BCUT2D eigenvalue weighted by molar-refractivity contribution is 5.84. The highest BCUT2D eigenvalue weighted by Crippen LogP contribution is 2.43. The van der Waals surface area contributed by atoms with Crippen LogP contribution in [0.1, 0.15) is 56.5 Å². The number of carboxylic acids is 1. The largest absolute Gasteiger partial charge is 0.475 e. The van der Waals surface area contributed by atoms with Crippen LogP contribution in [0.25, 0.3) is 0 Å². The van der Waals surface area contributed by atoms with Gasteiger partial charge in [0.05, 0.1) is 0 Å². The number of furan rings is 1. The Bertz CT molecular complexity index is 430. The summed E-state index contributed by atoms with van der Waals surface area (Å²) in [5.41, 5.74) is 0.352. The highest BCUT2D eigenvalue weighted by atomic mass is 16.4. The van der Waals surface area contributed by atoms with E-state index >= 15 is 0 Å². The lowest BCUT2D eigenvalue weighted by atomic mass is 9.78. The summed E-state index contributed by atoms with van der Waals surface area (Å²) < 4.78 is 5.24. The van der Waals surface area contributed by atoms with E-state index in [9.17, 15) is 4.79 Å². The fraction of sp³-hybridized carbons (Fsp3) is 0.667. The normalized spacial score (nSPS) is 17.8. The topological polar surface area (TPSA) is 62.5 Å². The SMILES string of the molecule is CC(C)CC1(CNc2ccc(C(=O)O)o2)CCCC1. The Morgan fingerprint density at radius 2 is 2.11 bits per heavy atom. The number of hydrogen-bond acceptors (Lipinski definition) is 3. The van der Waals surface area contributed by atoms with Gasteiger partial charge in [-0.1, -0.05) is 26.7 Å². The molecule has 0 saturated heterocycles. The molecule has 4 heteroatoms. The van der Waals surface area contributed by atoms with Gasteiger partial charge < -0.3 is 14.8 Å². The fourth-order valence-electron chi connectivity index (χ4n) is 3.27. The zero-order valence-corrected chi connectivity index (χ0v) is 11.7. The highest BCUT2D eigenvalue weighted by Gasteiger charge is 2.34. The van der Waals surface area contributed by atoms with Gasteiger partial charge in [-0.05, 0) is 36.7 Å². The summed E-state index contributed by atoms with van der Waals surface area (Å²) in [6, 6.07) is 3.19. The molecule has 1 saturated carbocycles. The van der Waals surface area contributed by atoms with Crippen LogP contribution in [-0.2, 0) is 0 Å². The van der Waals surface area contributed by atoms with E-state index in [1.165, 1.54) is 38.2 Å². The predicted molar refractivity (Wildman–Crippen MR) is 74.5 cm³/mol. The first-order chi connectivity index (χ1) is 9.01. The van der Waals surface area contributed by atoms with Crippen molar-refractivity contribution in [2.75, 3.05) is 11.9 Å². The van der Waals surface area contributed by atoms with E-state index in [4.69, 9.17) is 9.52 Å². The van der Waals surface area contributed by atoms with Crippen molar-refractivity contribution in [3.63, 3.8) is 0 Å². The summed E-state index contributed by atoms with van der Waals surface area (Å²) in [4.78, 5) is 10.8. The molecule has 1 aromatic rings. The monoisotopic (exact) mass is 265 g/mol. The Balaban J connectivity index is 1.96. The van der Waals surface area contributed by atoms with Gasteiger partial charge in [0.2, 0.25) is 5.76 Å². The van der Waals surface area contributed by atoms with Crippen LogP contribution >= 0.6 is 0 Å². The minimum atomic E-state index is -1.02. The molecule has 2 N–H and O–H groups in total. The van der Waals surface area contributed by atoms with Gasteiger partial charge in [0.25, 0.3) is 0 Å². The number of hydrogen-bond donors (Lipinski definition) is 2. The lowest BCUT2D eigenvalue weighted by Crippen LogP contribution is -2.28. The van der Waals surface area contributed by atoms with Crippen molar-refractivity contribution >= 4 is 11.9 Å². The molecule has 0 unspecified atom stereocenters. The van der Waals surface area contributed by atoms with Crippen molar-refractivity contribution in [2.45, 2.75) is 46.0 Å². The van der Waals surface area contributed by atoms with Crippen molar-refractivity contribution < 1.29 is 14.3 Å². The Kier molecular flexibility index (Phi) is 4.17. The average molecular weight is 265 g/mol. The van der Waals surface area contributed by atoms with Crippen molar-refractivity contribution in [1.29, 1.82) is 0 Å². The molecule has 1 heterocycles. The lowest BCUT2D eigenvalue weighted by Gasteiger charge is -2.31. The molecule has 4 nitrogen and oxygen atoms in total. The molecule has 1 aromatic heterocycles. The van der Waals surface area contributed by atoms with Gasteiger partial charge in [0.1, 0.15) is 0 Å². The van der Waals surface area contributed by atoms with E-state index in [1.807, 2.05) is 0 Å². The third kappa shape index (κ3) is 3.52. The van der Waals surface area contributed by atoms with Gasteiger partial charge in [0.15, 0.2) is 5.88 Å². The molecule has 1 aliphatic carbocycles. The molecule has 0 amide bonds. The second-order valence-corrected chi connectivity index (χ2v) is 6.13. The van der Waals surface area contributed by atoms with Gasteiger partial charge in [-0.15, -0.1) is 0 Å². The predicted octanol–water partition coefficient (Wildman–Crippen LogP) is 4.00. The molecule has 1 aliphatic rings. The number of aromatic carboxylic acids is 1. The maximum Gasteiger partial charge on any atom is 0.371 e. The molecule has 0 spiro atoms. The van der Waals surface area contributed by atoms with E-state index in [0.717, 1.165) is 6.54 Å². The number of carbonyl (C=O) groups is 1. The van der Waals surface area contributed by atoms with Crippen molar-refractivity contribution in [3.05, 3.63) is 17.9 Å². The summed E-state index contributed by atoms with van der Waals surface area (Å²) in [5, 5.41) is 12.1. The van der Waals surface area contributed by atoms with Gasteiger partial charge in [-0.25, -0.2) is 4.79 Å². The maximum absolute atomic E-state index is 10.8. The molecule has 0 aliphatic heterocycles.